The zero-order valence-electron chi connectivity index (χ0n) is 18.5. The maximum atomic E-state index is 13.7. The Morgan fingerprint density at radius 3 is 2.56 bits per heavy atom. The number of ether oxygens (including phenoxy) is 1. The molecule has 2 heterocycles. The molecule has 6 nitrogen and oxygen atoms in total. The summed E-state index contributed by atoms with van der Waals surface area (Å²) >= 11 is 5.92. The van der Waals surface area contributed by atoms with Gasteiger partial charge in [0.1, 0.15) is 29.1 Å². The van der Waals surface area contributed by atoms with Crippen molar-refractivity contribution in [1.29, 1.82) is 0 Å². The second-order valence-corrected chi connectivity index (χ2v) is 8.27. The average molecular weight is 484 g/mol. The first-order valence-electron chi connectivity index (χ1n) is 10.9. The molecule has 1 aliphatic heterocycles. The maximum absolute atomic E-state index is 13.7. The summed E-state index contributed by atoms with van der Waals surface area (Å²) in [5, 5.41) is 10.9. The van der Waals surface area contributed by atoms with Gasteiger partial charge in [-0.1, -0.05) is 31.4 Å². The Morgan fingerprint density at radius 1 is 1.15 bits per heavy atom. The zero-order valence-corrected chi connectivity index (χ0v) is 19.2. The molecule has 8 heteroatoms. The molecule has 0 aliphatic carbocycles. The molecule has 0 bridgehead atoms. The standard InChI is InChI=1S/C26H23ClFNO5/c1-2-3-4-13-33-18-10-7-16(8-11-18)24(30)22-23(21-6-5-14-34-21)29(26(32)25(22)31)17-9-12-20(28)19(27)15-17/h5-12,14-15,23,30H,2-4,13H2,1H3/b24-22-. The molecular formula is C26H23ClFNO5. The van der Waals surface area contributed by atoms with E-state index < -0.39 is 23.5 Å². The number of aliphatic hydroxyl groups is 1. The van der Waals surface area contributed by atoms with E-state index in [2.05, 4.69) is 6.92 Å². The van der Waals surface area contributed by atoms with E-state index in [1.54, 1.807) is 36.4 Å². The van der Waals surface area contributed by atoms with Gasteiger partial charge in [-0.05, 0) is 61.0 Å². The number of amides is 1. The van der Waals surface area contributed by atoms with Gasteiger partial charge in [0, 0.05) is 11.3 Å². The number of halogens is 2. The van der Waals surface area contributed by atoms with Crippen LogP contribution in [0.3, 0.4) is 0 Å². The molecule has 0 spiro atoms. The lowest BCUT2D eigenvalue weighted by molar-refractivity contribution is -0.132. The normalized spacial score (nSPS) is 17.4. The predicted molar refractivity (Wildman–Crippen MR) is 126 cm³/mol. The number of Topliss-reactive ketones (excluding diaryl/α,β-unsaturated/α-hetero) is 1. The van der Waals surface area contributed by atoms with Crippen molar-refractivity contribution in [2.24, 2.45) is 0 Å². The van der Waals surface area contributed by atoms with Gasteiger partial charge in [0.05, 0.1) is 23.5 Å². The predicted octanol–water partition coefficient (Wildman–Crippen LogP) is 6.27. The molecule has 0 radical (unpaired) electrons. The highest BCUT2D eigenvalue weighted by molar-refractivity contribution is 6.51. The summed E-state index contributed by atoms with van der Waals surface area (Å²) in [4.78, 5) is 27.2. The SMILES string of the molecule is CCCCCOc1ccc(/C(O)=C2/C(=O)C(=O)N(c3ccc(F)c(Cl)c3)C2c2ccco2)cc1. The van der Waals surface area contributed by atoms with Crippen LogP contribution in [0.1, 0.15) is 43.6 Å². The van der Waals surface area contributed by atoms with Gasteiger partial charge < -0.3 is 14.3 Å². The summed E-state index contributed by atoms with van der Waals surface area (Å²) in [6.45, 7) is 2.70. The molecule has 4 rings (SSSR count). The van der Waals surface area contributed by atoms with Crippen molar-refractivity contribution in [3.05, 3.63) is 88.6 Å². The molecule has 1 atom stereocenters. The summed E-state index contributed by atoms with van der Waals surface area (Å²) in [5.74, 6) is -1.89. The van der Waals surface area contributed by atoms with E-state index in [9.17, 15) is 19.1 Å². The zero-order chi connectivity index (χ0) is 24.2. The van der Waals surface area contributed by atoms with Crippen molar-refractivity contribution in [3.63, 3.8) is 0 Å². The van der Waals surface area contributed by atoms with Crippen LogP contribution in [0.25, 0.3) is 5.76 Å². The van der Waals surface area contributed by atoms with Crippen molar-refractivity contribution in [3.8, 4) is 5.75 Å². The summed E-state index contributed by atoms with van der Waals surface area (Å²) in [5.41, 5.74) is 0.398. The van der Waals surface area contributed by atoms with E-state index in [0.717, 1.165) is 30.2 Å². The number of nitrogens with zero attached hydrogens (tertiary/aromatic N) is 1. The van der Waals surface area contributed by atoms with E-state index in [1.165, 1.54) is 18.4 Å². The fourth-order valence-electron chi connectivity index (χ4n) is 3.86. The highest BCUT2D eigenvalue weighted by atomic mass is 35.5. The number of unbranched alkanes of at least 4 members (excludes halogenated alkanes) is 2. The van der Waals surface area contributed by atoms with Gasteiger partial charge in [0.2, 0.25) is 0 Å². The van der Waals surface area contributed by atoms with Crippen LogP contribution in [0, 0.1) is 5.82 Å². The number of carbonyl (C=O) groups excluding carboxylic acids is 2. The molecule has 1 aromatic heterocycles. The number of aliphatic hydroxyl groups excluding tert-OH is 1. The Hall–Kier alpha value is -3.58. The average Bonchev–Trinajstić information content (AvgIpc) is 3.46. The lowest BCUT2D eigenvalue weighted by atomic mass is 9.99. The number of anilines is 1. The minimum absolute atomic E-state index is 0.142. The number of furan rings is 1. The van der Waals surface area contributed by atoms with Crippen LogP contribution in [0.5, 0.6) is 5.75 Å². The number of rotatable bonds is 8. The van der Waals surface area contributed by atoms with E-state index in [0.29, 0.717) is 17.9 Å². The first kappa shape index (κ1) is 23.6. The molecule has 34 heavy (non-hydrogen) atoms. The van der Waals surface area contributed by atoms with Gasteiger partial charge in [-0.3, -0.25) is 14.5 Å². The van der Waals surface area contributed by atoms with Crippen LogP contribution in [-0.2, 0) is 9.59 Å². The van der Waals surface area contributed by atoms with Crippen LogP contribution < -0.4 is 9.64 Å². The maximum Gasteiger partial charge on any atom is 0.300 e. The number of ketones is 1. The van der Waals surface area contributed by atoms with Crippen molar-refractivity contribution >= 4 is 34.7 Å². The molecule has 0 saturated carbocycles. The van der Waals surface area contributed by atoms with Gasteiger partial charge in [-0.15, -0.1) is 0 Å². The van der Waals surface area contributed by atoms with Gasteiger partial charge in [-0.2, -0.15) is 0 Å². The Labute approximate surface area is 201 Å². The van der Waals surface area contributed by atoms with E-state index in [1.807, 2.05) is 0 Å². The molecule has 1 fully saturated rings. The lowest BCUT2D eigenvalue weighted by Gasteiger charge is -2.23. The van der Waals surface area contributed by atoms with Gasteiger partial charge in [-0.25, -0.2) is 4.39 Å². The summed E-state index contributed by atoms with van der Waals surface area (Å²) < 4.78 is 24.9. The van der Waals surface area contributed by atoms with Crippen LogP contribution in [0.2, 0.25) is 5.02 Å². The molecule has 1 amide bonds. The van der Waals surface area contributed by atoms with Crippen molar-refractivity contribution < 1.29 is 28.2 Å². The number of benzene rings is 2. The van der Waals surface area contributed by atoms with E-state index in [4.69, 9.17) is 20.8 Å². The molecule has 176 valence electrons. The van der Waals surface area contributed by atoms with Gasteiger partial charge in [0.15, 0.2) is 0 Å². The molecule has 1 saturated heterocycles. The first-order chi connectivity index (χ1) is 16.4. The monoisotopic (exact) mass is 483 g/mol. The minimum atomic E-state index is -1.05. The Kier molecular flexibility index (Phi) is 7.03. The van der Waals surface area contributed by atoms with Crippen molar-refractivity contribution in [2.75, 3.05) is 11.5 Å². The summed E-state index contributed by atoms with van der Waals surface area (Å²) in [6.07, 6.45) is 4.51. The fourth-order valence-corrected chi connectivity index (χ4v) is 4.03. The molecule has 2 aromatic carbocycles. The van der Waals surface area contributed by atoms with Crippen LogP contribution >= 0.6 is 11.6 Å². The van der Waals surface area contributed by atoms with Crippen LogP contribution in [0.4, 0.5) is 10.1 Å². The third-order valence-electron chi connectivity index (χ3n) is 5.58. The minimum Gasteiger partial charge on any atom is -0.507 e. The topological polar surface area (TPSA) is 80.0 Å². The summed E-state index contributed by atoms with van der Waals surface area (Å²) in [7, 11) is 0. The highest BCUT2D eigenvalue weighted by Crippen LogP contribution is 2.43. The smallest absolute Gasteiger partial charge is 0.300 e. The van der Waals surface area contributed by atoms with Gasteiger partial charge in [0.25, 0.3) is 11.7 Å². The Bertz CT molecular complexity index is 1220. The lowest BCUT2D eigenvalue weighted by Crippen LogP contribution is -2.29. The molecule has 1 N–H and O–H groups in total. The van der Waals surface area contributed by atoms with E-state index in [-0.39, 0.29) is 27.8 Å². The first-order valence-corrected chi connectivity index (χ1v) is 11.3. The number of carbonyl (C=O) groups is 2. The largest absolute Gasteiger partial charge is 0.507 e. The number of hydrogen-bond acceptors (Lipinski definition) is 5. The molecule has 1 unspecified atom stereocenters. The number of hydrogen-bond donors (Lipinski definition) is 1. The third kappa shape index (κ3) is 4.56. The second kappa shape index (κ2) is 10.1. The third-order valence-corrected chi connectivity index (χ3v) is 5.87. The molecule has 3 aromatic rings. The Morgan fingerprint density at radius 2 is 1.91 bits per heavy atom. The Balaban J connectivity index is 1.72. The highest BCUT2D eigenvalue weighted by Gasteiger charge is 2.48. The van der Waals surface area contributed by atoms with Crippen LogP contribution in [-0.4, -0.2) is 23.4 Å². The molecule has 1 aliphatic rings. The van der Waals surface area contributed by atoms with Crippen molar-refractivity contribution in [2.45, 2.75) is 32.2 Å². The van der Waals surface area contributed by atoms with Gasteiger partial charge >= 0.3 is 0 Å². The summed E-state index contributed by atoms with van der Waals surface area (Å²) in [6, 6.07) is 12.5. The van der Waals surface area contributed by atoms with Crippen LogP contribution in [0.15, 0.2) is 70.9 Å². The molecular weight excluding hydrogens is 461 g/mol. The quantitative estimate of drug-likeness (QED) is 0.177. The fraction of sp³-hybridized carbons (Fsp3) is 0.231. The van der Waals surface area contributed by atoms with E-state index >= 15 is 0 Å². The van der Waals surface area contributed by atoms with Crippen molar-refractivity contribution in [1.82, 2.24) is 0 Å². The second-order valence-electron chi connectivity index (χ2n) is 7.86.